The summed E-state index contributed by atoms with van der Waals surface area (Å²) in [5.41, 5.74) is 2.80. The van der Waals surface area contributed by atoms with E-state index in [2.05, 4.69) is 4.57 Å². The largest absolute Gasteiger partial charge is 0.497 e. The number of para-hydroxylation sites is 2. The lowest BCUT2D eigenvalue weighted by Crippen LogP contribution is -2.09. The molecule has 0 aliphatic heterocycles. The van der Waals surface area contributed by atoms with Crippen LogP contribution in [0.1, 0.15) is 0 Å². The van der Waals surface area contributed by atoms with Crippen LogP contribution in [0.25, 0.3) is 22.4 Å². The number of hydrogen-bond acceptors (Lipinski definition) is 3. The molecule has 0 amide bonds. The second-order valence-electron chi connectivity index (χ2n) is 6.11. The lowest BCUT2D eigenvalue weighted by atomic mass is 10.2. The quantitative estimate of drug-likeness (QED) is 0.488. The number of aromatic nitrogens is 2. The van der Waals surface area contributed by atoms with Crippen LogP contribution >= 0.6 is 0 Å². The zero-order valence-corrected chi connectivity index (χ0v) is 14.9. The SMILES string of the molecule is COc1ccc(OCCn2c(-c3ccc(F)cc3)nc3ccccc32)cc1. The van der Waals surface area contributed by atoms with Gasteiger partial charge in [0.2, 0.25) is 0 Å². The molecule has 0 spiro atoms. The van der Waals surface area contributed by atoms with E-state index in [4.69, 9.17) is 14.5 Å². The van der Waals surface area contributed by atoms with Crippen LogP contribution in [0, 0.1) is 5.82 Å². The van der Waals surface area contributed by atoms with Gasteiger partial charge in [0.15, 0.2) is 0 Å². The van der Waals surface area contributed by atoms with E-state index in [9.17, 15) is 4.39 Å². The molecule has 0 fully saturated rings. The van der Waals surface area contributed by atoms with Gasteiger partial charge < -0.3 is 14.0 Å². The molecular formula is C22H19FN2O2. The van der Waals surface area contributed by atoms with E-state index >= 15 is 0 Å². The summed E-state index contributed by atoms with van der Waals surface area (Å²) in [5, 5.41) is 0. The number of rotatable bonds is 6. The molecule has 4 nitrogen and oxygen atoms in total. The van der Waals surface area contributed by atoms with Gasteiger partial charge in [-0.1, -0.05) is 12.1 Å². The Balaban J connectivity index is 1.59. The van der Waals surface area contributed by atoms with Gasteiger partial charge in [-0.2, -0.15) is 0 Å². The first-order valence-corrected chi connectivity index (χ1v) is 8.72. The van der Waals surface area contributed by atoms with Gasteiger partial charge in [0.25, 0.3) is 0 Å². The Morgan fingerprint density at radius 1 is 0.889 bits per heavy atom. The molecule has 0 aliphatic carbocycles. The molecule has 0 saturated heterocycles. The number of fused-ring (bicyclic) bond motifs is 1. The average molecular weight is 362 g/mol. The van der Waals surface area contributed by atoms with Crippen LogP contribution in [-0.4, -0.2) is 23.3 Å². The van der Waals surface area contributed by atoms with Crippen molar-refractivity contribution in [3.63, 3.8) is 0 Å². The molecule has 4 rings (SSSR count). The second kappa shape index (κ2) is 7.50. The van der Waals surface area contributed by atoms with Crippen LogP contribution in [0.4, 0.5) is 4.39 Å². The Kier molecular flexibility index (Phi) is 4.75. The minimum Gasteiger partial charge on any atom is -0.497 e. The summed E-state index contributed by atoms with van der Waals surface area (Å²) >= 11 is 0. The molecule has 3 aromatic carbocycles. The molecular weight excluding hydrogens is 343 g/mol. The Morgan fingerprint density at radius 2 is 1.59 bits per heavy atom. The van der Waals surface area contributed by atoms with Gasteiger partial charge >= 0.3 is 0 Å². The Hall–Kier alpha value is -3.34. The van der Waals surface area contributed by atoms with E-state index < -0.39 is 0 Å². The summed E-state index contributed by atoms with van der Waals surface area (Å²) in [5.74, 6) is 2.11. The van der Waals surface area contributed by atoms with Gasteiger partial charge in [-0.3, -0.25) is 0 Å². The van der Waals surface area contributed by atoms with Crippen molar-refractivity contribution in [2.24, 2.45) is 0 Å². The maximum atomic E-state index is 13.3. The molecule has 0 radical (unpaired) electrons. The number of imidazole rings is 1. The van der Waals surface area contributed by atoms with E-state index in [-0.39, 0.29) is 5.82 Å². The summed E-state index contributed by atoms with van der Waals surface area (Å²) in [4.78, 5) is 4.73. The highest BCUT2D eigenvalue weighted by Gasteiger charge is 2.12. The van der Waals surface area contributed by atoms with Gasteiger partial charge in [-0.05, 0) is 60.7 Å². The van der Waals surface area contributed by atoms with E-state index in [1.54, 1.807) is 19.2 Å². The van der Waals surface area contributed by atoms with Crippen molar-refractivity contribution >= 4 is 11.0 Å². The topological polar surface area (TPSA) is 36.3 Å². The monoisotopic (exact) mass is 362 g/mol. The standard InChI is InChI=1S/C22H19FN2O2/c1-26-18-10-12-19(13-11-18)27-15-14-25-21-5-3-2-4-20(21)24-22(25)16-6-8-17(23)9-7-16/h2-13H,14-15H2,1H3. The second-order valence-corrected chi connectivity index (χ2v) is 6.11. The molecule has 5 heteroatoms. The predicted octanol–water partition coefficient (Wildman–Crippen LogP) is 4.93. The highest BCUT2D eigenvalue weighted by Crippen LogP contribution is 2.25. The highest BCUT2D eigenvalue weighted by atomic mass is 19.1. The summed E-state index contributed by atoms with van der Waals surface area (Å²) in [6.45, 7) is 1.11. The summed E-state index contributed by atoms with van der Waals surface area (Å²) in [7, 11) is 1.64. The molecule has 1 aromatic heterocycles. The van der Waals surface area contributed by atoms with Crippen molar-refractivity contribution < 1.29 is 13.9 Å². The molecule has 0 aliphatic rings. The fourth-order valence-electron chi connectivity index (χ4n) is 3.05. The Labute approximate surface area is 156 Å². The van der Waals surface area contributed by atoms with Crippen molar-refractivity contribution in [3.05, 3.63) is 78.6 Å². The number of halogens is 1. The van der Waals surface area contributed by atoms with Crippen molar-refractivity contribution in [3.8, 4) is 22.9 Å². The minimum absolute atomic E-state index is 0.260. The molecule has 136 valence electrons. The molecule has 4 aromatic rings. The van der Waals surface area contributed by atoms with Crippen molar-refractivity contribution in [2.45, 2.75) is 6.54 Å². The highest BCUT2D eigenvalue weighted by molar-refractivity contribution is 5.80. The van der Waals surface area contributed by atoms with E-state index in [1.165, 1.54) is 12.1 Å². The minimum atomic E-state index is -0.260. The molecule has 0 bridgehead atoms. The summed E-state index contributed by atoms with van der Waals surface area (Å²) in [6, 6.07) is 21.8. The number of methoxy groups -OCH3 is 1. The first kappa shape index (κ1) is 17.1. The molecule has 27 heavy (non-hydrogen) atoms. The Bertz CT molecular complexity index is 1040. The zero-order chi connectivity index (χ0) is 18.6. The van der Waals surface area contributed by atoms with E-state index in [1.807, 2.05) is 48.5 Å². The van der Waals surface area contributed by atoms with Gasteiger partial charge in [-0.15, -0.1) is 0 Å². The average Bonchev–Trinajstić information content (AvgIpc) is 3.08. The first-order valence-electron chi connectivity index (χ1n) is 8.72. The van der Waals surface area contributed by atoms with Crippen molar-refractivity contribution in [1.29, 1.82) is 0 Å². The van der Waals surface area contributed by atoms with Crippen molar-refractivity contribution in [2.75, 3.05) is 13.7 Å². The van der Waals surface area contributed by atoms with E-state index in [0.717, 1.165) is 33.9 Å². The van der Waals surface area contributed by atoms with Gasteiger partial charge in [-0.25, -0.2) is 9.37 Å². The lowest BCUT2D eigenvalue weighted by Gasteiger charge is -2.11. The first-order chi connectivity index (χ1) is 13.2. The number of ether oxygens (including phenoxy) is 2. The van der Waals surface area contributed by atoms with Gasteiger partial charge in [0.05, 0.1) is 24.7 Å². The fourth-order valence-corrected chi connectivity index (χ4v) is 3.05. The number of nitrogens with zero attached hydrogens (tertiary/aromatic N) is 2. The van der Waals surface area contributed by atoms with Crippen LogP contribution in [0.5, 0.6) is 11.5 Å². The molecule has 0 atom stereocenters. The molecule has 0 N–H and O–H groups in total. The molecule has 0 saturated carbocycles. The van der Waals surface area contributed by atoms with Crippen LogP contribution in [0.15, 0.2) is 72.8 Å². The number of hydrogen-bond donors (Lipinski definition) is 0. The summed E-state index contributed by atoms with van der Waals surface area (Å²) < 4.78 is 26.4. The third-order valence-electron chi connectivity index (χ3n) is 4.40. The van der Waals surface area contributed by atoms with Crippen molar-refractivity contribution in [1.82, 2.24) is 9.55 Å². The third-order valence-corrected chi connectivity index (χ3v) is 4.40. The molecule has 0 unspecified atom stereocenters. The van der Waals surface area contributed by atoms with Crippen LogP contribution in [0.3, 0.4) is 0 Å². The van der Waals surface area contributed by atoms with Gasteiger partial charge in [0, 0.05) is 5.56 Å². The normalized spacial score (nSPS) is 10.9. The van der Waals surface area contributed by atoms with E-state index in [0.29, 0.717) is 13.2 Å². The Morgan fingerprint density at radius 3 is 2.33 bits per heavy atom. The lowest BCUT2D eigenvalue weighted by molar-refractivity contribution is 0.300. The predicted molar refractivity (Wildman–Crippen MR) is 104 cm³/mol. The van der Waals surface area contributed by atoms with Crippen LogP contribution in [0.2, 0.25) is 0 Å². The number of benzene rings is 3. The molecule has 1 heterocycles. The summed E-state index contributed by atoms with van der Waals surface area (Å²) in [6.07, 6.45) is 0. The van der Waals surface area contributed by atoms with Crippen LogP contribution in [-0.2, 0) is 6.54 Å². The fraction of sp³-hybridized carbons (Fsp3) is 0.136. The zero-order valence-electron chi connectivity index (χ0n) is 14.9. The van der Waals surface area contributed by atoms with Crippen LogP contribution < -0.4 is 9.47 Å². The maximum Gasteiger partial charge on any atom is 0.141 e. The van der Waals surface area contributed by atoms with Gasteiger partial charge in [0.1, 0.15) is 29.7 Å². The smallest absolute Gasteiger partial charge is 0.141 e. The maximum absolute atomic E-state index is 13.3. The third kappa shape index (κ3) is 3.62.